The molecule has 1 amide bonds. The molecule has 0 aliphatic rings. The number of halogens is 1. The monoisotopic (exact) mass is 344 g/mol. The summed E-state index contributed by atoms with van der Waals surface area (Å²) in [7, 11) is 0. The zero-order valence-electron chi connectivity index (χ0n) is 11.3. The molecule has 4 nitrogen and oxygen atoms in total. The minimum atomic E-state index is -0.716. The molecular formula is C16H13BrN2O2. The maximum absolute atomic E-state index is 12.1. The Hall–Kier alpha value is -2.32. The van der Waals surface area contributed by atoms with Crippen molar-refractivity contribution in [2.45, 2.75) is 13.0 Å². The van der Waals surface area contributed by atoms with Gasteiger partial charge in [-0.25, -0.2) is 0 Å². The van der Waals surface area contributed by atoms with Crippen molar-refractivity contribution >= 4 is 27.5 Å². The van der Waals surface area contributed by atoms with Crippen LogP contribution in [0.4, 0.5) is 5.69 Å². The summed E-state index contributed by atoms with van der Waals surface area (Å²) < 4.78 is 6.35. The van der Waals surface area contributed by atoms with Gasteiger partial charge in [-0.15, -0.1) is 0 Å². The van der Waals surface area contributed by atoms with Crippen molar-refractivity contribution in [3.63, 3.8) is 0 Å². The van der Waals surface area contributed by atoms with Gasteiger partial charge in [0.05, 0.1) is 11.3 Å². The number of nitriles is 1. The van der Waals surface area contributed by atoms with Gasteiger partial charge in [0.1, 0.15) is 11.8 Å². The van der Waals surface area contributed by atoms with Gasteiger partial charge in [0.2, 0.25) is 0 Å². The fourth-order valence-corrected chi connectivity index (χ4v) is 2.09. The lowest BCUT2D eigenvalue weighted by molar-refractivity contribution is -0.122. The van der Waals surface area contributed by atoms with Gasteiger partial charge < -0.3 is 10.1 Å². The van der Waals surface area contributed by atoms with E-state index < -0.39 is 6.10 Å². The van der Waals surface area contributed by atoms with Crippen LogP contribution >= 0.6 is 15.9 Å². The summed E-state index contributed by atoms with van der Waals surface area (Å²) in [6, 6.07) is 16.2. The van der Waals surface area contributed by atoms with E-state index in [1.165, 1.54) is 0 Å². The lowest BCUT2D eigenvalue weighted by Gasteiger charge is -2.16. The molecule has 106 valence electrons. The molecule has 0 aliphatic carbocycles. The molecule has 2 rings (SSSR count). The van der Waals surface area contributed by atoms with Crippen LogP contribution in [0.1, 0.15) is 12.5 Å². The molecule has 0 aromatic heterocycles. The molecule has 21 heavy (non-hydrogen) atoms. The van der Waals surface area contributed by atoms with Crippen LogP contribution in [0.5, 0.6) is 5.75 Å². The Balaban J connectivity index is 2.07. The number of carbonyl (C=O) groups is 1. The van der Waals surface area contributed by atoms with Crippen molar-refractivity contribution in [2.24, 2.45) is 0 Å². The Morgan fingerprint density at radius 1 is 1.24 bits per heavy atom. The zero-order valence-corrected chi connectivity index (χ0v) is 12.9. The largest absolute Gasteiger partial charge is 0.480 e. The minimum absolute atomic E-state index is 0.283. The van der Waals surface area contributed by atoms with Gasteiger partial charge in [-0.2, -0.15) is 5.26 Å². The van der Waals surface area contributed by atoms with Gasteiger partial charge in [0.15, 0.2) is 6.10 Å². The molecule has 1 unspecified atom stereocenters. The summed E-state index contributed by atoms with van der Waals surface area (Å²) in [5, 5.41) is 11.8. The average Bonchev–Trinajstić information content (AvgIpc) is 2.50. The Bertz CT molecular complexity index is 695. The third-order valence-corrected chi connectivity index (χ3v) is 3.50. The van der Waals surface area contributed by atoms with E-state index >= 15 is 0 Å². The number of amides is 1. The van der Waals surface area contributed by atoms with Crippen LogP contribution in [0, 0.1) is 11.3 Å². The van der Waals surface area contributed by atoms with E-state index in [1.54, 1.807) is 37.3 Å². The third-order valence-electron chi connectivity index (χ3n) is 2.81. The van der Waals surface area contributed by atoms with Crippen LogP contribution < -0.4 is 10.1 Å². The molecule has 2 aromatic carbocycles. The summed E-state index contributed by atoms with van der Waals surface area (Å²) in [5.74, 6) is 0.115. The Morgan fingerprint density at radius 3 is 2.62 bits per heavy atom. The fraction of sp³-hybridized carbons (Fsp3) is 0.125. The average molecular weight is 345 g/mol. The van der Waals surface area contributed by atoms with Gasteiger partial charge in [0, 0.05) is 4.47 Å². The molecule has 0 spiro atoms. The lowest BCUT2D eigenvalue weighted by Crippen LogP contribution is -2.30. The highest BCUT2D eigenvalue weighted by Gasteiger charge is 2.17. The normalized spacial score (nSPS) is 11.3. The van der Waals surface area contributed by atoms with Crippen LogP contribution in [-0.4, -0.2) is 12.0 Å². The van der Waals surface area contributed by atoms with Crippen LogP contribution in [0.15, 0.2) is 53.0 Å². The number of nitrogens with one attached hydrogen (secondary N) is 1. The molecule has 0 fully saturated rings. The second-order valence-electron chi connectivity index (χ2n) is 4.34. The Morgan fingerprint density at radius 2 is 1.90 bits per heavy atom. The van der Waals surface area contributed by atoms with Crippen molar-refractivity contribution in [1.29, 1.82) is 5.26 Å². The maximum Gasteiger partial charge on any atom is 0.265 e. The fourth-order valence-electron chi connectivity index (χ4n) is 1.70. The molecule has 0 heterocycles. The van der Waals surface area contributed by atoms with Crippen LogP contribution in [-0.2, 0) is 4.79 Å². The number of ether oxygens (including phenoxy) is 1. The van der Waals surface area contributed by atoms with Gasteiger partial charge >= 0.3 is 0 Å². The summed E-state index contributed by atoms with van der Waals surface area (Å²) in [5.41, 5.74) is 1.07. The first-order valence-electron chi connectivity index (χ1n) is 6.33. The number of para-hydroxylation sites is 2. The Kier molecular flexibility index (Phi) is 4.96. The van der Waals surface area contributed by atoms with E-state index in [-0.39, 0.29) is 5.91 Å². The van der Waals surface area contributed by atoms with E-state index in [9.17, 15) is 4.79 Å². The van der Waals surface area contributed by atoms with E-state index in [4.69, 9.17) is 10.00 Å². The van der Waals surface area contributed by atoms with Gasteiger partial charge in [-0.1, -0.05) is 24.3 Å². The molecule has 5 heteroatoms. The highest BCUT2D eigenvalue weighted by molar-refractivity contribution is 9.10. The van der Waals surface area contributed by atoms with Crippen molar-refractivity contribution in [3.05, 3.63) is 58.6 Å². The van der Waals surface area contributed by atoms with Crippen LogP contribution in [0.2, 0.25) is 0 Å². The van der Waals surface area contributed by atoms with Crippen molar-refractivity contribution in [1.82, 2.24) is 0 Å². The predicted octanol–water partition coefficient (Wildman–Crippen LogP) is 3.73. The Labute approximate surface area is 131 Å². The summed E-state index contributed by atoms with van der Waals surface area (Å²) in [6.07, 6.45) is -0.716. The van der Waals surface area contributed by atoms with E-state index in [0.717, 1.165) is 4.47 Å². The third kappa shape index (κ3) is 3.83. The zero-order chi connectivity index (χ0) is 15.2. The first kappa shape index (κ1) is 15.1. The van der Waals surface area contributed by atoms with Crippen molar-refractivity contribution in [3.8, 4) is 11.8 Å². The number of hydrogen-bond acceptors (Lipinski definition) is 3. The van der Waals surface area contributed by atoms with Gasteiger partial charge in [0.25, 0.3) is 5.91 Å². The SMILES string of the molecule is CC(Oc1ccccc1C#N)C(=O)Nc1ccccc1Br. The number of anilines is 1. The minimum Gasteiger partial charge on any atom is -0.480 e. The second kappa shape index (κ2) is 6.91. The molecule has 1 N–H and O–H groups in total. The second-order valence-corrected chi connectivity index (χ2v) is 5.19. The molecule has 0 radical (unpaired) electrons. The first-order chi connectivity index (χ1) is 10.1. The highest BCUT2D eigenvalue weighted by atomic mass is 79.9. The number of benzene rings is 2. The van der Waals surface area contributed by atoms with Gasteiger partial charge in [-0.3, -0.25) is 4.79 Å². The molecule has 0 saturated heterocycles. The van der Waals surface area contributed by atoms with Crippen LogP contribution in [0.25, 0.3) is 0 Å². The quantitative estimate of drug-likeness (QED) is 0.919. The topological polar surface area (TPSA) is 62.1 Å². The number of nitrogens with zero attached hydrogens (tertiary/aromatic N) is 1. The first-order valence-corrected chi connectivity index (χ1v) is 7.12. The van der Waals surface area contributed by atoms with E-state index in [2.05, 4.69) is 21.2 Å². The highest BCUT2D eigenvalue weighted by Crippen LogP contribution is 2.22. The number of hydrogen-bond donors (Lipinski definition) is 1. The lowest BCUT2D eigenvalue weighted by atomic mass is 10.2. The molecule has 0 bridgehead atoms. The maximum atomic E-state index is 12.1. The number of carbonyl (C=O) groups excluding carboxylic acids is 1. The predicted molar refractivity (Wildman–Crippen MR) is 84.0 cm³/mol. The van der Waals surface area contributed by atoms with Gasteiger partial charge in [-0.05, 0) is 47.1 Å². The van der Waals surface area contributed by atoms with E-state index in [0.29, 0.717) is 17.0 Å². The van der Waals surface area contributed by atoms with Crippen molar-refractivity contribution < 1.29 is 9.53 Å². The number of rotatable bonds is 4. The molecular weight excluding hydrogens is 332 g/mol. The summed E-state index contributed by atoms with van der Waals surface area (Å²) in [4.78, 5) is 12.1. The molecule has 0 saturated carbocycles. The standard InChI is InChI=1S/C16H13BrN2O2/c1-11(21-15-9-5-2-6-12(15)10-18)16(20)19-14-8-4-3-7-13(14)17/h2-9,11H,1H3,(H,19,20). The van der Waals surface area contributed by atoms with Crippen molar-refractivity contribution in [2.75, 3.05) is 5.32 Å². The molecule has 1 atom stereocenters. The smallest absolute Gasteiger partial charge is 0.265 e. The molecule has 2 aromatic rings. The molecule has 0 aliphatic heterocycles. The summed E-state index contributed by atoms with van der Waals surface area (Å²) >= 11 is 3.36. The summed E-state index contributed by atoms with van der Waals surface area (Å²) in [6.45, 7) is 1.64. The van der Waals surface area contributed by atoms with E-state index in [1.807, 2.05) is 24.3 Å². The van der Waals surface area contributed by atoms with Crippen LogP contribution in [0.3, 0.4) is 0 Å².